The molecule has 2 rings (SSSR count). The van der Waals surface area contributed by atoms with Gasteiger partial charge in [-0.2, -0.15) is 11.8 Å². The average Bonchev–Trinajstić information content (AvgIpc) is 2.72. The number of anilines is 2. The highest BCUT2D eigenvalue weighted by atomic mass is 35.5. The molecule has 0 bridgehead atoms. The highest BCUT2D eigenvalue weighted by Gasteiger charge is 2.25. The van der Waals surface area contributed by atoms with Gasteiger partial charge in [-0.15, -0.1) is 0 Å². The van der Waals surface area contributed by atoms with Crippen LogP contribution in [-0.4, -0.2) is 17.0 Å². The van der Waals surface area contributed by atoms with Crippen LogP contribution < -0.4 is 11.1 Å². The smallest absolute Gasteiger partial charge is 0.0765 e. The Balaban J connectivity index is 1.98. The van der Waals surface area contributed by atoms with Crippen LogP contribution in [-0.2, 0) is 0 Å². The minimum absolute atomic E-state index is 0.515. The maximum atomic E-state index is 6.16. The normalized spacial score (nSPS) is 23.9. The van der Waals surface area contributed by atoms with E-state index in [-0.39, 0.29) is 0 Å². The maximum absolute atomic E-state index is 6.16. The number of benzene rings is 1. The number of thioether (sulfide) groups is 1. The summed E-state index contributed by atoms with van der Waals surface area (Å²) in [4.78, 5) is 0. The van der Waals surface area contributed by atoms with Crippen molar-refractivity contribution in [2.24, 2.45) is 0 Å². The van der Waals surface area contributed by atoms with Gasteiger partial charge in [0.2, 0.25) is 0 Å². The fourth-order valence-electron chi connectivity index (χ4n) is 2.36. The topological polar surface area (TPSA) is 38.0 Å². The van der Waals surface area contributed by atoms with Gasteiger partial charge in [0.1, 0.15) is 0 Å². The van der Waals surface area contributed by atoms with Crippen LogP contribution in [0.15, 0.2) is 18.2 Å². The van der Waals surface area contributed by atoms with Gasteiger partial charge in [0.25, 0.3) is 0 Å². The van der Waals surface area contributed by atoms with E-state index in [2.05, 4.69) is 24.0 Å². The molecule has 0 aromatic heterocycles. The number of nitrogens with two attached hydrogens (primary N) is 1. The summed E-state index contributed by atoms with van der Waals surface area (Å²) in [6.45, 7) is 2.22. The number of rotatable bonds is 4. The summed E-state index contributed by atoms with van der Waals surface area (Å²) in [5, 5.41) is 5.01. The third kappa shape index (κ3) is 3.23. The standard InChI is InChI=1S/C13H19ClN2S/c1-2-17-10-7-6-9(8-10)16-13-11(14)4-3-5-12(13)15/h3-5,9-10,16H,2,6-8,15H2,1H3. The van der Waals surface area contributed by atoms with Gasteiger partial charge in [-0.1, -0.05) is 24.6 Å². The number of nitrogen functional groups attached to an aromatic ring is 1. The Morgan fingerprint density at radius 3 is 3.00 bits per heavy atom. The van der Waals surface area contributed by atoms with Crippen molar-refractivity contribution in [1.82, 2.24) is 0 Å². The molecule has 0 spiro atoms. The van der Waals surface area contributed by atoms with Crippen LogP contribution in [0.1, 0.15) is 26.2 Å². The van der Waals surface area contributed by atoms with Gasteiger partial charge in [-0.25, -0.2) is 0 Å². The zero-order valence-electron chi connectivity index (χ0n) is 10.1. The van der Waals surface area contributed by atoms with Gasteiger partial charge in [0.05, 0.1) is 16.4 Å². The van der Waals surface area contributed by atoms with E-state index in [0.717, 1.165) is 21.6 Å². The second-order valence-corrected chi connectivity index (χ2v) is 6.42. The third-order valence-corrected chi connectivity index (χ3v) is 4.73. The highest BCUT2D eigenvalue weighted by Crippen LogP contribution is 2.35. The molecule has 0 aliphatic heterocycles. The Hall–Kier alpha value is -0.540. The molecule has 1 aromatic rings. The zero-order valence-corrected chi connectivity index (χ0v) is 11.7. The first-order valence-corrected chi connectivity index (χ1v) is 7.55. The molecule has 1 aromatic carbocycles. The van der Waals surface area contributed by atoms with E-state index >= 15 is 0 Å². The van der Waals surface area contributed by atoms with Gasteiger partial charge in [-0.3, -0.25) is 0 Å². The molecule has 4 heteroatoms. The maximum Gasteiger partial charge on any atom is 0.0765 e. The summed E-state index contributed by atoms with van der Waals surface area (Å²) in [7, 11) is 0. The molecule has 0 heterocycles. The molecule has 1 fully saturated rings. The first-order chi connectivity index (χ1) is 8.20. The predicted octanol–water partition coefficient (Wildman–Crippen LogP) is 4.01. The summed E-state index contributed by atoms with van der Waals surface area (Å²) in [5.74, 6) is 1.20. The lowest BCUT2D eigenvalue weighted by molar-refractivity contribution is 0.757. The van der Waals surface area contributed by atoms with Gasteiger partial charge in [0.15, 0.2) is 0 Å². The number of halogens is 1. The fraction of sp³-hybridized carbons (Fsp3) is 0.538. The average molecular weight is 271 g/mol. The number of para-hydroxylation sites is 1. The van der Waals surface area contributed by atoms with Crippen molar-refractivity contribution in [3.63, 3.8) is 0 Å². The van der Waals surface area contributed by atoms with E-state index in [0.29, 0.717) is 6.04 Å². The summed E-state index contributed by atoms with van der Waals surface area (Å²) in [6.07, 6.45) is 3.71. The van der Waals surface area contributed by atoms with Gasteiger partial charge < -0.3 is 11.1 Å². The molecular weight excluding hydrogens is 252 g/mol. The molecule has 0 amide bonds. The van der Waals surface area contributed by atoms with Crippen LogP contribution in [0, 0.1) is 0 Å². The molecule has 1 saturated carbocycles. The Morgan fingerprint density at radius 2 is 2.29 bits per heavy atom. The summed E-state index contributed by atoms with van der Waals surface area (Å²) in [5.41, 5.74) is 7.58. The summed E-state index contributed by atoms with van der Waals surface area (Å²) >= 11 is 8.22. The fourth-order valence-corrected chi connectivity index (χ4v) is 3.73. The molecule has 2 unspecified atom stereocenters. The first kappa shape index (κ1) is 12.9. The summed E-state index contributed by atoms with van der Waals surface area (Å²) in [6, 6.07) is 6.17. The Bertz CT molecular complexity index is 363. The largest absolute Gasteiger partial charge is 0.397 e. The zero-order chi connectivity index (χ0) is 12.3. The molecule has 0 saturated heterocycles. The number of hydrogen-bond acceptors (Lipinski definition) is 3. The van der Waals surface area contributed by atoms with Crippen molar-refractivity contribution in [3.05, 3.63) is 23.2 Å². The van der Waals surface area contributed by atoms with E-state index in [9.17, 15) is 0 Å². The Kier molecular flexibility index (Phi) is 4.46. The molecule has 2 nitrogen and oxygen atoms in total. The second kappa shape index (κ2) is 5.87. The van der Waals surface area contributed by atoms with Crippen LogP contribution in [0.2, 0.25) is 5.02 Å². The van der Waals surface area contributed by atoms with Gasteiger partial charge >= 0.3 is 0 Å². The molecule has 2 atom stereocenters. The third-order valence-electron chi connectivity index (χ3n) is 3.18. The van der Waals surface area contributed by atoms with E-state index in [1.54, 1.807) is 0 Å². The van der Waals surface area contributed by atoms with E-state index in [1.807, 2.05) is 18.2 Å². The lowest BCUT2D eigenvalue weighted by atomic mass is 10.2. The Labute approximate surface area is 112 Å². The molecule has 1 aliphatic rings. The van der Waals surface area contributed by atoms with Crippen molar-refractivity contribution in [3.8, 4) is 0 Å². The number of hydrogen-bond donors (Lipinski definition) is 2. The molecule has 94 valence electrons. The van der Waals surface area contributed by atoms with Gasteiger partial charge in [0, 0.05) is 11.3 Å². The first-order valence-electron chi connectivity index (χ1n) is 6.12. The predicted molar refractivity (Wildman–Crippen MR) is 79.0 cm³/mol. The molecule has 1 aliphatic carbocycles. The van der Waals surface area contributed by atoms with E-state index < -0.39 is 0 Å². The minimum Gasteiger partial charge on any atom is -0.397 e. The van der Waals surface area contributed by atoms with Gasteiger partial charge in [-0.05, 0) is 37.1 Å². The number of nitrogens with one attached hydrogen (secondary N) is 1. The van der Waals surface area contributed by atoms with Crippen LogP contribution in [0.4, 0.5) is 11.4 Å². The molecule has 3 N–H and O–H groups in total. The SMILES string of the molecule is CCSC1CCC(Nc2c(N)cccc2Cl)C1. The molecule has 17 heavy (non-hydrogen) atoms. The van der Waals surface area contributed by atoms with Crippen molar-refractivity contribution >= 4 is 34.7 Å². The van der Waals surface area contributed by atoms with E-state index in [4.69, 9.17) is 17.3 Å². The highest BCUT2D eigenvalue weighted by molar-refractivity contribution is 7.99. The van der Waals surface area contributed by atoms with Crippen molar-refractivity contribution in [1.29, 1.82) is 0 Å². The monoisotopic (exact) mass is 270 g/mol. The summed E-state index contributed by atoms with van der Waals surface area (Å²) < 4.78 is 0. The quantitative estimate of drug-likeness (QED) is 0.812. The van der Waals surface area contributed by atoms with E-state index in [1.165, 1.54) is 25.0 Å². The second-order valence-electron chi connectivity index (χ2n) is 4.44. The van der Waals surface area contributed by atoms with Crippen LogP contribution in [0.25, 0.3) is 0 Å². The van der Waals surface area contributed by atoms with Crippen molar-refractivity contribution in [2.75, 3.05) is 16.8 Å². The Morgan fingerprint density at radius 1 is 1.47 bits per heavy atom. The van der Waals surface area contributed by atoms with Crippen molar-refractivity contribution < 1.29 is 0 Å². The minimum atomic E-state index is 0.515. The molecule has 0 radical (unpaired) electrons. The van der Waals surface area contributed by atoms with Crippen LogP contribution >= 0.6 is 23.4 Å². The lowest BCUT2D eigenvalue weighted by Crippen LogP contribution is -2.17. The van der Waals surface area contributed by atoms with Crippen molar-refractivity contribution in [2.45, 2.75) is 37.5 Å². The molecular formula is C13H19ClN2S. The van der Waals surface area contributed by atoms with Crippen LogP contribution in [0.5, 0.6) is 0 Å². The van der Waals surface area contributed by atoms with Crippen LogP contribution in [0.3, 0.4) is 0 Å². The lowest BCUT2D eigenvalue weighted by Gasteiger charge is -2.17.